The summed E-state index contributed by atoms with van der Waals surface area (Å²) in [5, 5.41) is 5.41. The molecule has 0 atom stereocenters. The van der Waals surface area contributed by atoms with Gasteiger partial charge in [0, 0.05) is 42.1 Å². The van der Waals surface area contributed by atoms with Gasteiger partial charge in [0.1, 0.15) is 6.54 Å². The molecule has 2 nitrogen and oxygen atoms in total. The summed E-state index contributed by atoms with van der Waals surface area (Å²) in [6, 6.07) is 26.9. The predicted molar refractivity (Wildman–Crippen MR) is 180 cm³/mol. The topological polar surface area (TPSA) is 6.25 Å². The highest BCUT2D eigenvalue weighted by molar-refractivity contribution is 6.02. The lowest BCUT2D eigenvalue weighted by Gasteiger charge is -2.22. The van der Waals surface area contributed by atoms with Gasteiger partial charge in [0.2, 0.25) is 5.69 Å². The Morgan fingerprint density at radius 1 is 0.738 bits per heavy atom. The van der Waals surface area contributed by atoms with Crippen molar-refractivity contribution < 1.29 is 4.58 Å². The average molecular weight is 550 g/mol. The van der Waals surface area contributed by atoms with Gasteiger partial charge >= 0.3 is 0 Å². The number of fused-ring (bicyclic) bond motifs is 6. The lowest BCUT2D eigenvalue weighted by Crippen LogP contribution is -2.19. The smallest absolute Gasteiger partial charge is 0.217 e. The van der Waals surface area contributed by atoms with E-state index >= 15 is 0 Å². The Balaban J connectivity index is 1.17. The lowest BCUT2D eigenvalue weighted by atomic mass is 10.0. The first-order valence-corrected chi connectivity index (χ1v) is 15.9. The zero-order valence-electron chi connectivity index (χ0n) is 25.3. The van der Waals surface area contributed by atoms with Crippen LogP contribution >= 0.6 is 0 Å². The highest BCUT2D eigenvalue weighted by Gasteiger charge is 2.30. The monoisotopic (exact) mass is 549 g/mol. The zero-order chi connectivity index (χ0) is 28.6. The predicted octanol–water partition coefficient (Wildman–Crippen LogP) is 9.99. The van der Waals surface area contributed by atoms with Gasteiger partial charge in [0.25, 0.3) is 0 Å². The fraction of sp³-hybridized carbons (Fsp3) is 0.275. The van der Waals surface area contributed by atoms with Crippen molar-refractivity contribution in [2.24, 2.45) is 0 Å². The van der Waals surface area contributed by atoms with E-state index in [2.05, 4.69) is 127 Å². The molecule has 7 rings (SSSR count). The Bertz CT molecular complexity index is 1860. The summed E-state index contributed by atoms with van der Waals surface area (Å²) < 4.78 is 2.57. The summed E-state index contributed by atoms with van der Waals surface area (Å²) in [7, 11) is 0. The Hall–Kier alpha value is -4.17. The highest BCUT2D eigenvalue weighted by atomic mass is 15.2. The van der Waals surface area contributed by atoms with Crippen LogP contribution in [0.2, 0.25) is 0 Å². The first kappa shape index (κ1) is 26.7. The summed E-state index contributed by atoms with van der Waals surface area (Å²) in [5.41, 5.74) is 13.0. The second-order valence-electron chi connectivity index (χ2n) is 12.1. The molecule has 0 aromatic heterocycles. The van der Waals surface area contributed by atoms with Crippen molar-refractivity contribution in [3.05, 3.63) is 131 Å². The van der Waals surface area contributed by atoms with Crippen LogP contribution in [0.15, 0.2) is 120 Å². The summed E-state index contributed by atoms with van der Waals surface area (Å²) >= 11 is 0. The molecule has 42 heavy (non-hydrogen) atoms. The number of hydrogen-bond donors (Lipinski definition) is 0. The van der Waals surface area contributed by atoms with Crippen LogP contribution in [0.5, 0.6) is 0 Å². The number of allylic oxidation sites excluding steroid dienone is 8. The van der Waals surface area contributed by atoms with E-state index in [4.69, 9.17) is 0 Å². The molecule has 2 heterocycles. The fourth-order valence-corrected chi connectivity index (χ4v) is 7.31. The quantitative estimate of drug-likeness (QED) is 0.208. The van der Waals surface area contributed by atoms with Crippen LogP contribution in [0.1, 0.15) is 57.6 Å². The third-order valence-corrected chi connectivity index (χ3v) is 9.42. The van der Waals surface area contributed by atoms with Crippen LogP contribution in [0.4, 0.5) is 11.4 Å². The van der Waals surface area contributed by atoms with Crippen molar-refractivity contribution in [3.63, 3.8) is 0 Å². The van der Waals surface area contributed by atoms with Gasteiger partial charge in [-0.1, -0.05) is 92.7 Å². The fourth-order valence-electron chi connectivity index (χ4n) is 7.31. The lowest BCUT2D eigenvalue weighted by molar-refractivity contribution is -0.435. The Labute approximate surface area is 250 Å². The molecule has 0 saturated heterocycles. The number of nitrogens with zero attached hydrogens (tertiary/aromatic N) is 2. The van der Waals surface area contributed by atoms with Crippen molar-refractivity contribution in [1.29, 1.82) is 0 Å². The molecule has 0 fully saturated rings. The largest absolute Gasteiger partial charge is 0.344 e. The van der Waals surface area contributed by atoms with Crippen LogP contribution in [0.3, 0.4) is 0 Å². The normalized spacial score (nSPS) is 18.6. The number of benzene rings is 4. The molecule has 2 aliphatic heterocycles. The van der Waals surface area contributed by atoms with Gasteiger partial charge in [0.05, 0.1) is 17.5 Å². The molecular formula is C40H41N2+. The van der Waals surface area contributed by atoms with Crippen molar-refractivity contribution in [3.8, 4) is 0 Å². The van der Waals surface area contributed by atoms with Crippen LogP contribution in [-0.4, -0.2) is 23.4 Å². The standard InChI is InChI=1S/C40H41N2/c1-4-24-41-35(26-33-18-16-31-10-6-8-12-37(31)39(33)41)22-20-29-14-15-30(28(29)3)21-23-36-27-34-19-17-32-11-7-9-13-38(32)40(34)42(36)25-5-2/h6-13,16-23H,4-5,14-15,24-27H2,1-3H3/q+1. The van der Waals surface area contributed by atoms with Gasteiger partial charge in [-0.05, 0) is 71.4 Å². The molecule has 0 saturated carbocycles. The molecular weight excluding hydrogens is 508 g/mol. The van der Waals surface area contributed by atoms with E-state index in [0.29, 0.717) is 0 Å². The summed E-state index contributed by atoms with van der Waals surface area (Å²) in [5.74, 6) is 0. The second-order valence-corrected chi connectivity index (χ2v) is 12.1. The van der Waals surface area contributed by atoms with Gasteiger partial charge in [-0.15, -0.1) is 0 Å². The van der Waals surface area contributed by atoms with Crippen molar-refractivity contribution in [1.82, 2.24) is 0 Å². The Kier molecular flexibility index (Phi) is 7.15. The van der Waals surface area contributed by atoms with Crippen molar-refractivity contribution >= 4 is 38.6 Å². The third kappa shape index (κ3) is 4.64. The van der Waals surface area contributed by atoms with Crippen molar-refractivity contribution in [2.45, 2.75) is 59.3 Å². The maximum atomic E-state index is 2.57. The van der Waals surface area contributed by atoms with Crippen LogP contribution in [0.25, 0.3) is 21.5 Å². The molecule has 0 N–H and O–H groups in total. The average Bonchev–Trinajstić information content (AvgIpc) is 3.68. The summed E-state index contributed by atoms with van der Waals surface area (Å²) in [6.45, 7) is 9.01. The van der Waals surface area contributed by atoms with Gasteiger partial charge in [-0.2, -0.15) is 4.58 Å². The molecule has 1 aliphatic carbocycles. The first-order chi connectivity index (χ1) is 20.7. The Morgan fingerprint density at radius 3 is 2.26 bits per heavy atom. The van der Waals surface area contributed by atoms with Crippen LogP contribution < -0.4 is 4.90 Å². The SMILES string of the molecule is CCCN1/C(=C/C=C2CCC(/C=C/C3=[N+](CCC)c4c(ccc5ccccc45)C3)=C2C)Cc2ccc3ccccc3c21. The molecule has 0 amide bonds. The molecule has 210 valence electrons. The number of rotatable bonds is 7. The Morgan fingerprint density at radius 2 is 1.48 bits per heavy atom. The highest BCUT2D eigenvalue weighted by Crippen LogP contribution is 2.41. The van der Waals surface area contributed by atoms with Crippen LogP contribution in [0, 0.1) is 0 Å². The molecule has 0 radical (unpaired) electrons. The first-order valence-electron chi connectivity index (χ1n) is 15.9. The van der Waals surface area contributed by atoms with E-state index in [1.807, 2.05) is 0 Å². The zero-order valence-corrected chi connectivity index (χ0v) is 25.3. The van der Waals surface area contributed by atoms with E-state index in [1.165, 1.54) is 72.2 Å². The number of hydrogen-bond acceptors (Lipinski definition) is 1. The van der Waals surface area contributed by atoms with Crippen molar-refractivity contribution in [2.75, 3.05) is 18.0 Å². The van der Waals surface area contributed by atoms with Crippen LogP contribution in [-0.2, 0) is 12.8 Å². The van der Waals surface area contributed by atoms with Gasteiger partial charge in [-0.3, -0.25) is 0 Å². The summed E-state index contributed by atoms with van der Waals surface area (Å²) in [6.07, 6.45) is 16.2. The number of anilines is 1. The minimum absolute atomic E-state index is 1.01. The molecule has 3 aliphatic rings. The van der Waals surface area contributed by atoms with Gasteiger partial charge in [-0.25, -0.2) is 0 Å². The molecule has 0 bridgehead atoms. The maximum Gasteiger partial charge on any atom is 0.217 e. The molecule has 4 aromatic carbocycles. The van der Waals surface area contributed by atoms with Gasteiger partial charge < -0.3 is 4.90 Å². The van der Waals surface area contributed by atoms with E-state index in [-0.39, 0.29) is 0 Å². The molecule has 0 spiro atoms. The van der Waals surface area contributed by atoms with E-state index < -0.39 is 0 Å². The van der Waals surface area contributed by atoms with E-state index in [1.54, 1.807) is 0 Å². The maximum absolute atomic E-state index is 2.57. The molecule has 2 heteroatoms. The molecule has 0 unspecified atom stereocenters. The van der Waals surface area contributed by atoms with E-state index in [0.717, 1.165) is 51.6 Å². The van der Waals surface area contributed by atoms with E-state index in [9.17, 15) is 0 Å². The third-order valence-electron chi connectivity index (χ3n) is 9.42. The minimum Gasteiger partial charge on any atom is -0.344 e. The second kappa shape index (κ2) is 11.2. The summed E-state index contributed by atoms with van der Waals surface area (Å²) in [4.78, 5) is 2.57. The molecule has 4 aromatic rings. The van der Waals surface area contributed by atoms with Gasteiger partial charge in [0.15, 0.2) is 5.71 Å². The minimum atomic E-state index is 1.01.